The molecule has 114 valence electrons. The van der Waals surface area contributed by atoms with E-state index < -0.39 is 10.0 Å². The number of benzene rings is 1. The molecular formula is C13H14Cl2N2O2S2. The maximum absolute atomic E-state index is 12.4. The Balaban J connectivity index is 2.24. The van der Waals surface area contributed by atoms with Gasteiger partial charge in [0.1, 0.15) is 4.21 Å². The summed E-state index contributed by atoms with van der Waals surface area (Å²) in [6.45, 7) is 3.45. The van der Waals surface area contributed by atoms with Crippen LogP contribution in [-0.2, 0) is 16.6 Å². The Morgan fingerprint density at radius 3 is 2.52 bits per heavy atom. The molecule has 0 fully saturated rings. The molecule has 0 bridgehead atoms. The Labute approximate surface area is 138 Å². The second-order valence-corrected chi connectivity index (χ2v) is 7.89. The number of hydrogen-bond donors (Lipinski definition) is 2. The lowest BCUT2D eigenvalue weighted by Crippen LogP contribution is -2.13. The summed E-state index contributed by atoms with van der Waals surface area (Å²) in [5.41, 5.74) is 1.12. The third-order valence-corrected chi connectivity index (χ3v) is 6.14. The molecule has 2 N–H and O–H groups in total. The molecule has 0 atom stereocenters. The van der Waals surface area contributed by atoms with Gasteiger partial charge in [-0.25, -0.2) is 8.42 Å². The molecule has 0 aliphatic carbocycles. The van der Waals surface area contributed by atoms with Crippen LogP contribution in [-0.4, -0.2) is 15.0 Å². The molecular weight excluding hydrogens is 351 g/mol. The minimum Gasteiger partial charge on any atom is -0.313 e. The van der Waals surface area contributed by atoms with Crippen LogP contribution in [0.5, 0.6) is 0 Å². The fourth-order valence-corrected chi connectivity index (χ4v) is 4.55. The number of hydrogen-bond acceptors (Lipinski definition) is 4. The highest BCUT2D eigenvalue weighted by Crippen LogP contribution is 2.32. The van der Waals surface area contributed by atoms with Crippen molar-refractivity contribution in [2.45, 2.75) is 17.7 Å². The van der Waals surface area contributed by atoms with Gasteiger partial charge in [-0.1, -0.05) is 36.2 Å². The molecule has 0 saturated heterocycles. The van der Waals surface area contributed by atoms with Crippen molar-refractivity contribution in [2.24, 2.45) is 0 Å². The summed E-state index contributed by atoms with van der Waals surface area (Å²) in [5.74, 6) is 0. The number of rotatable bonds is 6. The van der Waals surface area contributed by atoms with Gasteiger partial charge in [-0.3, -0.25) is 4.72 Å². The van der Waals surface area contributed by atoms with E-state index in [1.165, 1.54) is 0 Å². The zero-order valence-electron chi connectivity index (χ0n) is 11.2. The average Bonchev–Trinajstić information content (AvgIpc) is 2.90. The van der Waals surface area contributed by atoms with Crippen molar-refractivity contribution in [1.29, 1.82) is 0 Å². The van der Waals surface area contributed by atoms with Crippen LogP contribution in [0.2, 0.25) is 10.0 Å². The molecule has 4 nitrogen and oxygen atoms in total. The molecule has 1 heterocycles. The van der Waals surface area contributed by atoms with Gasteiger partial charge in [0, 0.05) is 6.54 Å². The first-order valence-corrected chi connectivity index (χ1v) is 9.31. The fraction of sp³-hybridized carbons (Fsp3) is 0.231. The molecule has 2 rings (SSSR count). The van der Waals surface area contributed by atoms with Gasteiger partial charge >= 0.3 is 0 Å². The normalized spacial score (nSPS) is 11.6. The van der Waals surface area contributed by atoms with Gasteiger partial charge in [0.2, 0.25) is 0 Å². The lowest BCUT2D eigenvalue weighted by atomic mass is 10.3. The van der Waals surface area contributed by atoms with Crippen LogP contribution in [0.3, 0.4) is 0 Å². The number of sulfonamides is 1. The molecule has 0 unspecified atom stereocenters. The van der Waals surface area contributed by atoms with E-state index >= 15 is 0 Å². The van der Waals surface area contributed by atoms with Gasteiger partial charge in [0.25, 0.3) is 10.0 Å². The van der Waals surface area contributed by atoms with E-state index in [-0.39, 0.29) is 19.9 Å². The zero-order chi connectivity index (χ0) is 15.5. The smallest absolute Gasteiger partial charge is 0.271 e. The largest absolute Gasteiger partial charge is 0.313 e. The minimum atomic E-state index is -3.69. The quantitative estimate of drug-likeness (QED) is 0.815. The van der Waals surface area contributed by atoms with Crippen LogP contribution in [0, 0.1) is 0 Å². The van der Waals surface area contributed by atoms with Gasteiger partial charge in [-0.2, -0.15) is 0 Å². The first-order valence-electron chi connectivity index (χ1n) is 6.19. The predicted octanol–water partition coefficient (Wildman–Crippen LogP) is 3.97. The molecule has 0 spiro atoms. The highest BCUT2D eigenvalue weighted by Gasteiger charge is 2.19. The second kappa shape index (κ2) is 6.98. The van der Waals surface area contributed by atoms with Crippen molar-refractivity contribution in [3.8, 4) is 0 Å². The predicted molar refractivity (Wildman–Crippen MR) is 89.0 cm³/mol. The molecule has 1 aromatic carbocycles. The number of halogens is 2. The molecule has 8 heteroatoms. The summed E-state index contributed by atoms with van der Waals surface area (Å²) in [6, 6.07) is 6.45. The lowest BCUT2D eigenvalue weighted by Gasteiger charge is -2.09. The summed E-state index contributed by atoms with van der Waals surface area (Å²) in [5, 5.41) is 5.48. The highest BCUT2D eigenvalue weighted by molar-refractivity contribution is 7.94. The molecule has 21 heavy (non-hydrogen) atoms. The van der Waals surface area contributed by atoms with Crippen molar-refractivity contribution >= 4 is 50.2 Å². The van der Waals surface area contributed by atoms with Crippen LogP contribution in [0.1, 0.15) is 12.5 Å². The number of nitrogens with one attached hydrogen (secondary N) is 2. The monoisotopic (exact) mass is 364 g/mol. The van der Waals surface area contributed by atoms with E-state index in [0.717, 1.165) is 23.4 Å². The second-order valence-electron chi connectivity index (χ2n) is 4.26. The summed E-state index contributed by atoms with van der Waals surface area (Å²) in [4.78, 5) is 0. The maximum Gasteiger partial charge on any atom is 0.271 e. The Morgan fingerprint density at radius 2 is 1.90 bits per heavy atom. The topological polar surface area (TPSA) is 58.2 Å². The Hall–Kier alpha value is -0.790. The van der Waals surface area contributed by atoms with Crippen LogP contribution in [0.15, 0.2) is 33.9 Å². The van der Waals surface area contributed by atoms with Gasteiger partial charge < -0.3 is 5.32 Å². The Kier molecular flexibility index (Phi) is 5.51. The summed E-state index contributed by atoms with van der Waals surface area (Å²) >= 11 is 13.1. The van der Waals surface area contributed by atoms with Crippen LogP contribution in [0.25, 0.3) is 0 Å². The summed E-state index contributed by atoms with van der Waals surface area (Å²) < 4.78 is 27.4. The van der Waals surface area contributed by atoms with Gasteiger partial charge in [-0.15, -0.1) is 11.3 Å². The van der Waals surface area contributed by atoms with E-state index in [0.29, 0.717) is 6.54 Å². The third kappa shape index (κ3) is 4.11. The van der Waals surface area contributed by atoms with Crippen molar-refractivity contribution in [3.63, 3.8) is 0 Å². The molecule has 2 aromatic rings. The van der Waals surface area contributed by atoms with E-state index in [1.54, 1.807) is 24.3 Å². The van der Waals surface area contributed by atoms with Gasteiger partial charge in [0.05, 0.1) is 15.7 Å². The molecule has 0 amide bonds. The van der Waals surface area contributed by atoms with Gasteiger partial charge in [-0.05, 0) is 35.7 Å². The molecule has 0 aliphatic rings. The van der Waals surface area contributed by atoms with E-state index in [1.807, 2.05) is 12.3 Å². The Morgan fingerprint density at radius 1 is 1.24 bits per heavy atom. The lowest BCUT2D eigenvalue weighted by molar-refractivity contribution is 0.603. The molecule has 1 aromatic heterocycles. The molecule has 0 saturated carbocycles. The summed E-state index contributed by atoms with van der Waals surface area (Å²) in [6.07, 6.45) is 0. The van der Waals surface area contributed by atoms with Crippen molar-refractivity contribution in [2.75, 3.05) is 11.3 Å². The first kappa shape index (κ1) is 16.6. The SMILES string of the molecule is CCNCc1csc(S(=O)(=O)Nc2c(Cl)cccc2Cl)c1. The van der Waals surface area contributed by atoms with Crippen LogP contribution >= 0.6 is 34.5 Å². The van der Waals surface area contributed by atoms with Crippen LogP contribution < -0.4 is 10.0 Å². The van der Waals surface area contributed by atoms with Crippen LogP contribution in [0.4, 0.5) is 5.69 Å². The van der Waals surface area contributed by atoms with Crippen molar-refractivity contribution in [3.05, 3.63) is 45.3 Å². The van der Waals surface area contributed by atoms with E-state index in [9.17, 15) is 8.42 Å². The minimum absolute atomic E-state index is 0.197. The first-order chi connectivity index (χ1) is 9.94. The summed E-state index contributed by atoms with van der Waals surface area (Å²) in [7, 11) is -3.69. The number of thiophene rings is 1. The standard InChI is InChI=1S/C13H14Cl2N2O2S2/c1-2-16-7-9-6-12(20-8-9)21(18,19)17-13-10(14)4-3-5-11(13)15/h3-6,8,16-17H,2,7H2,1H3. The molecule has 0 radical (unpaired) electrons. The molecule has 0 aliphatic heterocycles. The van der Waals surface area contributed by atoms with E-state index in [4.69, 9.17) is 23.2 Å². The average molecular weight is 365 g/mol. The van der Waals surface area contributed by atoms with Crippen molar-refractivity contribution in [1.82, 2.24) is 5.32 Å². The van der Waals surface area contributed by atoms with E-state index in [2.05, 4.69) is 10.0 Å². The number of anilines is 1. The maximum atomic E-state index is 12.4. The highest BCUT2D eigenvalue weighted by atomic mass is 35.5. The fourth-order valence-electron chi connectivity index (χ4n) is 1.64. The number of para-hydroxylation sites is 1. The van der Waals surface area contributed by atoms with Gasteiger partial charge in [0.15, 0.2) is 0 Å². The Bertz CT molecular complexity index is 709. The van der Waals surface area contributed by atoms with Crippen molar-refractivity contribution < 1.29 is 8.42 Å². The zero-order valence-corrected chi connectivity index (χ0v) is 14.3. The third-order valence-electron chi connectivity index (χ3n) is 2.67.